The zero-order valence-corrected chi connectivity index (χ0v) is 12.7. The van der Waals surface area contributed by atoms with Crippen molar-refractivity contribution in [2.45, 2.75) is 13.8 Å². The highest BCUT2D eigenvalue weighted by molar-refractivity contribution is 6.63. The molecule has 20 heavy (non-hydrogen) atoms. The summed E-state index contributed by atoms with van der Waals surface area (Å²) >= 11 is 0. The van der Waals surface area contributed by atoms with Crippen LogP contribution in [0.15, 0.2) is 12.1 Å². The summed E-state index contributed by atoms with van der Waals surface area (Å²) in [5, 5.41) is 0. The van der Waals surface area contributed by atoms with Crippen molar-refractivity contribution in [2.24, 2.45) is 5.41 Å². The molecule has 1 aliphatic heterocycles. The minimum Gasteiger partial charge on any atom is -0.497 e. The Kier molecular flexibility index (Phi) is 4.45. The fourth-order valence-electron chi connectivity index (χ4n) is 2.12. The lowest BCUT2D eigenvalue weighted by atomic mass is 9.74. The van der Waals surface area contributed by atoms with Crippen molar-refractivity contribution in [2.75, 3.05) is 34.5 Å². The summed E-state index contributed by atoms with van der Waals surface area (Å²) in [6, 6.07) is 3.59. The Labute approximate surface area is 120 Å². The Balaban J connectivity index is 2.35. The number of ether oxygens (including phenoxy) is 3. The molecular formula is C14H21BO5. The molecule has 6 heteroatoms. The quantitative estimate of drug-likeness (QED) is 0.782. The zero-order chi connectivity index (χ0) is 14.8. The lowest BCUT2D eigenvalue weighted by Crippen LogP contribution is -2.48. The SMILES string of the molecule is COc1cc(OC)c(B2OCC(C)(C)CO2)c(OC)c1. The van der Waals surface area contributed by atoms with Crippen molar-refractivity contribution in [3.8, 4) is 17.2 Å². The number of hydrogen-bond acceptors (Lipinski definition) is 5. The highest BCUT2D eigenvalue weighted by Crippen LogP contribution is 2.29. The minimum absolute atomic E-state index is 0.0173. The molecule has 0 aromatic heterocycles. The number of methoxy groups -OCH3 is 3. The minimum atomic E-state index is -0.487. The van der Waals surface area contributed by atoms with E-state index in [1.807, 2.05) is 0 Å². The third kappa shape index (κ3) is 3.02. The molecule has 1 aromatic rings. The molecule has 1 heterocycles. The number of benzene rings is 1. The molecule has 0 atom stereocenters. The normalized spacial score (nSPS) is 17.8. The van der Waals surface area contributed by atoms with E-state index in [0.717, 1.165) is 5.46 Å². The van der Waals surface area contributed by atoms with Crippen molar-refractivity contribution in [1.29, 1.82) is 0 Å². The van der Waals surface area contributed by atoms with Gasteiger partial charge in [0.2, 0.25) is 0 Å². The maximum Gasteiger partial charge on any atom is 0.501 e. The molecule has 0 saturated carbocycles. The summed E-state index contributed by atoms with van der Waals surface area (Å²) in [7, 11) is 4.32. The zero-order valence-electron chi connectivity index (χ0n) is 12.7. The lowest BCUT2D eigenvalue weighted by molar-refractivity contribution is 0.0339. The molecular weight excluding hydrogens is 259 g/mol. The lowest BCUT2D eigenvalue weighted by Gasteiger charge is -2.33. The third-order valence-corrected chi connectivity index (χ3v) is 3.24. The van der Waals surface area contributed by atoms with Gasteiger partial charge in [-0.2, -0.15) is 0 Å². The molecule has 110 valence electrons. The first-order valence-corrected chi connectivity index (χ1v) is 6.54. The van der Waals surface area contributed by atoms with Crippen LogP contribution < -0.4 is 19.7 Å². The van der Waals surface area contributed by atoms with Gasteiger partial charge in [0, 0.05) is 30.8 Å². The standard InChI is InChI=1S/C14H21BO5/c1-14(2)8-19-15(20-9-14)13-11(17-4)6-10(16-3)7-12(13)18-5/h6-7H,8-9H2,1-5H3. The monoisotopic (exact) mass is 280 g/mol. The van der Waals surface area contributed by atoms with Crippen LogP contribution in [0.3, 0.4) is 0 Å². The molecule has 5 nitrogen and oxygen atoms in total. The van der Waals surface area contributed by atoms with E-state index in [0.29, 0.717) is 30.5 Å². The van der Waals surface area contributed by atoms with Crippen molar-refractivity contribution in [3.63, 3.8) is 0 Å². The van der Waals surface area contributed by atoms with Crippen molar-refractivity contribution in [3.05, 3.63) is 12.1 Å². The maximum atomic E-state index is 5.81. The summed E-state index contributed by atoms with van der Waals surface area (Å²) in [5.74, 6) is 1.93. The van der Waals surface area contributed by atoms with Gasteiger partial charge < -0.3 is 23.5 Å². The summed E-state index contributed by atoms with van der Waals surface area (Å²) in [6.45, 7) is 5.45. The molecule has 1 aliphatic rings. The van der Waals surface area contributed by atoms with E-state index in [1.54, 1.807) is 33.5 Å². The summed E-state index contributed by atoms with van der Waals surface area (Å²) in [5.41, 5.74) is 0.773. The molecule has 0 amide bonds. The van der Waals surface area contributed by atoms with Crippen molar-refractivity contribution < 1.29 is 23.5 Å². The van der Waals surface area contributed by atoms with Gasteiger partial charge in [0.15, 0.2) is 0 Å². The van der Waals surface area contributed by atoms with Crippen LogP contribution in [-0.4, -0.2) is 41.7 Å². The van der Waals surface area contributed by atoms with E-state index in [9.17, 15) is 0 Å². The van der Waals surface area contributed by atoms with Gasteiger partial charge in [-0.3, -0.25) is 0 Å². The Morgan fingerprint density at radius 3 is 1.85 bits per heavy atom. The van der Waals surface area contributed by atoms with Crippen LogP contribution in [0.4, 0.5) is 0 Å². The Morgan fingerprint density at radius 1 is 0.950 bits per heavy atom. The average molecular weight is 280 g/mol. The van der Waals surface area contributed by atoms with Gasteiger partial charge in [-0.15, -0.1) is 0 Å². The molecule has 0 spiro atoms. The summed E-state index contributed by atoms with van der Waals surface area (Å²) < 4.78 is 27.7. The molecule has 0 unspecified atom stereocenters. The molecule has 0 N–H and O–H groups in total. The molecule has 2 rings (SSSR count). The van der Waals surface area contributed by atoms with Crippen LogP contribution >= 0.6 is 0 Å². The fraction of sp³-hybridized carbons (Fsp3) is 0.571. The predicted molar refractivity (Wildman–Crippen MR) is 77.2 cm³/mol. The van der Waals surface area contributed by atoms with Crippen LogP contribution in [0.25, 0.3) is 0 Å². The van der Waals surface area contributed by atoms with Gasteiger partial charge in [0.05, 0.1) is 26.8 Å². The molecule has 1 fully saturated rings. The van der Waals surface area contributed by atoms with E-state index in [4.69, 9.17) is 23.5 Å². The van der Waals surface area contributed by atoms with Crippen LogP contribution in [-0.2, 0) is 9.31 Å². The number of hydrogen-bond donors (Lipinski definition) is 0. The van der Waals surface area contributed by atoms with Crippen molar-refractivity contribution in [1.82, 2.24) is 0 Å². The van der Waals surface area contributed by atoms with E-state index in [2.05, 4.69) is 13.8 Å². The van der Waals surface area contributed by atoms with E-state index >= 15 is 0 Å². The van der Waals surface area contributed by atoms with Gasteiger partial charge >= 0.3 is 7.12 Å². The van der Waals surface area contributed by atoms with E-state index in [1.165, 1.54) is 0 Å². The smallest absolute Gasteiger partial charge is 0.497 e. The fourth-order valence-corrected chi connectivity index (χ4v) is 2.12. The predicted octanol–water partition coefficient (Wildman–Crippen LogP) is 1.48. The molecule has 1 aromatic carbocycles. The Bertz CT molecular complexity index is 440. The summed E-state index contributed by atoms with van der Waals surface area (Å²) in [6.07, 6.45) is 0. The van der Waals surface area contributed by atoms with Crippen LogP contribution in [0.2, 0.25) is 0 Å². The van der Waals surface area contributed by atoms with Gasteiger partial charge in [-0.25, -0.2) is 0 Å². The maximum absolute atomic E-state index is 5.81. The Morgan fingerprint density at radius 2 is 1.45 bits per heavy atom. The average Bonchev–Trinajstić information content (AvgIpc) is 2.46. The van der Waals surface area contributed by atoms with Gasteiger partial charge in [0.1, 0.15) is 17.2 Å². The molecule has 0 aliphatic carbocycles. The van der Waals surface area contributed by atoms with Crippen LogP contribution in [0.1, 0.15) is 13.8 Å². The van der Waals surface area contributed by atoms with Crippen LogP contribution in [0, 0.1) is 5.41 Å². The van der Waals surface area contributed by atoms with Gasteiger partial charge in [0.25, 0.3) is 0 Å². The number of rotatable bonds is 4. The van der Waals surface area contributed by atoms with E-state index in [-0.39, 0.29) is 5.41 Å². The highest BCUT2D eigenvalue weighted by atomic mass is 16.6. The third-order valence-electron chi connectivity index (χ3n) is 3.24. The Hall–Kier alpha value is -1.40. The van der Waals surface area contributed by atoms with Crippen LogP contribution in [0.5, 0.6) is 17.2 Å². The second-order valence-electron chi connectivity index (χ2n) is 5.56. The first-order chi connectivity index (χ1) is 9.50. The van der Waals surface area contributed by atoms with Crippen molar-refractivity contribution >= 4 is 12.6 Å². The van der Waals surface area contributed by atoms with Gasteiger partial charge in [-0.05, 0) is 0 Å². The topological polar surface area (TPSA) is 46.2 Å². The highest BCUT2D eigenvalue weighted by Gasteiger charge is 2.37. The largest absolute Gasteiger partial charge is 0.501 e. The molecule has 0 radical (unpaired) electrons. The van der Waals surface area contributed by atoms with Gasteiger partial charge in [-0.1, -0.05) is 13.8 Å². The second-order valence-corrected chi connectivity index (χ2v) is 5.56. The van der Waals surface area contributed by atoms with E-state index < -0.39 is 7.12 Å². The molecule has 0 bridgehead atoms. The first-order valence-electron chi connectivity index (χ1n) is 6.54. The second kappa shape index (κ2) is 5.93. The first kappa shape index (κ1) is 15.0. The molecule has 1 saturated heterocycles. The summed E-state index contributed by atoms with van der Waals surface area (Å²) in [4.78, 5) is 0.